The van der Waals surface area contributed by atoms with Gasteiger partial charge in [0, 0.05) is 32.7 Å². The number of ether oxygens (including phenoxy) is 2. The van der Waals surface area contributed by atoms with E-state index in [4.69, 9.17) is 13.9 Å². The minimum Gasteiger partial charge on any atom is -0.469 e. The molecule has 1 atom stereocenters. The van der Waals surface area contributed by atoms with Gasteiger partial charge < -0.3 is 18.8 Å². The molecule has 1 aromatic heterocycles. The second-order valence-electron chi connectivity index (χ2n) is 5.96. The van der Waals surface area contributed by atoms with E-state index in [0.29, 0.717) is 18.8 Å². The van der Waals surface area contributed by atoms with Crippen molar-refractivity contribution in [1.29, 1.82) is 0 Å². The van der Waals surface area contributed by atoms with Crippen molar-refractivity contribution in [3.05, 3.63) is 24.2 Å². The van der Waals surface area contributed by atoms with Crippen LogP contribution in [0.1, 0.15) is 23.9 Å². The molecule has 1 unspecified atom stereocenters. The summed E-state index contributed by atoms with van der Waals surface area (Å²) in [7, 11) is 1.36. The third kappa shape index (κ3) is 5.35. The zero-order chi connectivity index (χ0) is 17.4. The maximum atomic E-state index is 12.6. The molecule has 0 aliphatic carbocycles. The minimum absolute atomic E-state index is 0.197. The molecule has 1 amide bonds. The van der Waals surface area contributed by atoms with Gasteiger partial charge in [-0.1, -0.05) is 6.92 Å². The lowest BCUT2D eigenvalue weighted by atomic mass is 10.1. The first-order valence-corrected chi connectivity index (χ1v) is 8.32. The summed E-state index contributed by atoms with van der Waals surface area (Å²) in [6, 6.07) is 3.32. The molecule has 134 valence electrons. The maximum Gasteiger partial charge on any atom is 0.310 e. The number of amides is 1. The van der Waals surface area contributed by atoms with E-state index in [1.807, 2.05) is 0 Å². The topological polar surface area (TPSA) is 72.2 Å². The first-order valence-electron chi connectivity index (χ1n) is 8.32. The Morgan fingerprint density at radius 1 is 1.38 bits per heavy atom. The van der Waals surface area contributed by atoms with Gasteiger partial charge >= 0.3 is 5.97 Å². The van der Waals surface area contributed by atoms with Gasteiger partial charge in [0.05, 0.1) is 32.5 Å². The molecule has 0 aromatic carbocycles. The standard InChI is InChI=1S/C17H26N2O5/c1-14(17(21)22-2)13-19(16(20)15-5-3-10-24-15)7-4-6-18-8-11-23-12-9-18/h3,5,10,14H,4,6-9,11-13H2,1-2H3. The summed E-state index contributed by atoms with van der Waals surface area (Å²) in [4.78, 5) is 28.2. The van der Waals surface area contributed by atoms with E-state index < -0.39 is 0 Å². The second kappa shape index (κ2) is 9.44. The van der Waals surface area contributed by atoms with Gasteiger partial charge in [-0.05, 0) is 18.6 Å². The van der Waals surface area contributed by atoms with Gasteiger partial charge in [-0.25, -0.2) is 0 Å². The fraction of sp³-hybridized carbons (Fsp3) is 0.647. The Bertz CT molecular complexity index is 511. The normalized spacial score (nSPS) is 16.6. The fourth-order valence-electron chi connectivity index (χ4n) is 2.75. The molecule has 0 bridgehead atoms. The molecule has 7 heteroatoms. The second-order valence-corrected chi connectivity index (χ2v) is 5.96. The van der Waals surface area contributed by atoms with Crippen LogP contribution in [0.25, 0.3) is 0 Å². The lowest BCUT2D eigenvalue weighted by Gasteiger charge is -2.28. The molecular formula is C17H26N2O5. The van der Waals surface area contributed by atoms with Crippen LogP contribution in [0.3, 0.4) is 0 Å². The monoisotopic (exact) mass is 338 g/mol. The summed E-state index contributed by atoms with van der Waals surface area (Å²) in [6.07, 6.45) is 2.31. The van der Waals surface area contributed by atoms with Crippen molar-refractivity contribution < 1.29 is 23.5 Å². The minimum atomic E-state index is -0.378. The fourth-order valence-corrected chi connectivity index (χ4v) is 2.75. The molecule has 1 aliphatic rings. The lowest BCUT2D eigenvalue weighted by Crippen LogP contribution is -2.41. The van der Waals surface area contributed by atoms with Gasteiger partial charge in [0.25, 0.3) is 5.91 Å². The molecule has 2 rings (SSSR count). The van der Waals surface area contributed by atoms with E-state index >= 15 is 0 Å². The van der Waals surface area contributed by atoms with E-state index in [0.717, 1.165) is 39.3 Å². The third-order valence-electron chi connectivity index (χ3n) is 4.12. The molecule has 1 aromatic rings. The molecule has 2 heterocycles. The Labute approximate surface area is 142 Å². The van der Waals surface area contributed by atoms with Crippen LogP contribution < -0.4 is 0 Å². The molecule has 0 N–H and O–H groups in total. The molecule has 0 spiro atoms. The highest BCUT2D eigenvalue weighted by atomic mass is 16.5. The quantitative estimate of drug-likeness (QED) is 0.665. The van der Waals surface area contributed by atoms with Crippen LogP contribution in [-0.4, -0.2) is 74.7 Å². The first kappa shape index (κ1) is 18.5. The van der Waals surface area contributed by atoms with Crippen molar-refractivity contribution >= 4 is 11.9 Å². The Balaban J connectivity index is 1.91. The van der Waals surface area contributed by atoms with Gasteiger partial charge in [0.1, 0.15) is 0 Å². The van der Waals surface area contributed by atoms with E-state index in [9.17, 15) is 9.59 Å². The number of rotatable bonds is 8. The number of morpholine rings is 1. The molecule has 0 radical (unpaired) electrons. The van der Waals surface area contributed by atoms with Crippen LogP contribution in [0.2, 0.25) is 0 Å². The zero-order valence-corrected chi connectivity index (χ0v) is 14.4. The predicted octanol–water partition coefficient (Wildman–Crippen LogP) is 1.25. The molecule has 7 nitrogen and oxygen atoms in total. The van der Waals surface area contributed by atoms with Crippen molar-refractivity contribution in [1.82, 2.24) is 9.80 Å². The average Bonchev–Trinajstić information content (AvgIpc) is 3.15. The van der Waals surface area contributed by atoms with E-state index in [2.05, 4.69) is 4.90 Å². The van der Waals surface area contributed by atoms with Gasteiger partial charge in [0.15, 0.2) is 5.76 Å². The van der Waals surface area contributed by atoms with Gasteiger partial charge in [0.2, 0.25) is 0 Å². The van der Waals surface area contributed by atoms with E-state index in [1.165, 1.54) is 13.4 Å². The molecule has 0 saturated carbocycles. The van der Waals surface area contributed by atoms with Crippen LogP contribution in [0.15, 0.2) is 22.8 Å². The number of hydrogen-bond donors (Lipinski definition) is 0. The summed E-state index contributed by atoms with van der Waals surface area (Å²) < 4.78 is 15.3. The molecule has 1 fully saturated rings. The number of furan rings is 1. The van der Waals surface area contributed by atoms with Gasteiger partial charge in [-0.2, -0.15) is 0 Å². The third-order valence-corrected chi connectivity index (χ3v) is 4.12. The SMILES string of the molecule is COC(=O)C(C)CN(CCCN1CCOCC1)C(=O)c1ccco1. The van der Waals surface area contributed by atoms with Crippen LogP contribution in [-0.2, 0) is 14.3 Å². The van der Waals surface area contributed by atoms with Crippen LogP contribution in [0, 0.1) is 5.92 Å². The number of methoxy groups -OCH3 is 1. The van der Waals surface area contributed by atoms with Gasteiger partial charge in [-0.15, -0.1) is 0 Å². The number of carbonyl (C=O) groups excluding carboxylic acids is 2. The van der Waals surface area contributed by atoms with E-state index in [1.54, 1.807) is 24.0 Å². The van der Waals surface area contributed by atoms with Crippen molar-refractivity contribution in [2.45, 2.75) is 13.3 Å². The summed E-state index contributed by atoms with van der Waals surface area (Å²) in [5, 5.41) is 0. The number of hydrogen-bond acceptors (Lipinski definition) is 6. The number of esters is 1. The first-order chi connectivity index (χ1) is 11.6. The molecule has 24 heavy (non-hydrogen) atoms. The molecule has 1 aliphatic heterocycles. The highest BCUT2D eigenvalue weighted by Crippen LogP contribution is 2.11. The Kier molecular flexibility index (Phi) is 7.27. The summed E-state index contributed by atoms with van der Waals surface area (Å²) in [5.74, 6) is -0.603. The van der Waals surface area contributed by atoms with Crippen molar-refractivity contribution in [2.24, 2.45) is 5.92 Å². The Morgan fingerprint density at radius 2 is 2.12 bits per heavy atom. The predicted molar refractivity (Wildman–Crippen MR) is 87.7 cm³/mol. The summed E-state index contributed by atoms with van der Waals surface area (Å²) in [5.41, 5.74) is 0. The highest BCUT2D eigenvalue weighted by Gasteiger charge is 2.24. The van der Waals surface area contributed by atoms with Crippen molar-refractivity contribution in [3.63, 3.8) is 0 Å². The largest absolute Gasteiger partial charge is 0.469 e. The number of carbonyl (C=O) groups is 2. The average molecular weight is 338 g/mol. The Hall–Kier alpha value is -1.86. The van der Waals surface area contributed by atoms with Crippen LogP contribution in [0.5, 0.6) is 0 Å². The maximum absolute atomic E-state index is 12.6. The number of nitrogens with zero attached hydrogens (tertiary/aromatic N) is 2. The molecular weight excluding hydrogens is 312 g/mol. The Morgan fingerprint density at radius 3 is 2.75 bits per heavy atom. The van der Waals surface area contributed by atoms with Crippen molar-refractivity contribution in [3.8, 4) is 0 Å². The summed E-state index contributed by atoms with van der Waals surface area (Å²) >= 11 is 0. The highest BCUT2D eigenvalue weighted by molar-refractivity contribution is 5.91. The van der Waals surface area contributed by atoms with Gasteiger partial charge in [-0.3, -0.25) is 14.5 Å². The lowest BCUT2D eigenvalue weighted by molar-refractivity contribution is -0.145. The van der Waals surface area contributed by atoms with Crippen LogP contribution >= 0.6 is 0 Å². The smallest absolute Gasteiger partial charge is 0.310 e. The summed E-state index contributed by atoms with van der Waals surface area (Å²) in [6.45, 7) is 6.90. The van der Waals surface area contributed by atoms with Crippen molar-refractivity contribution in [2.75, 3.05) is 53.0 Å². The van der Waals surface area contributed by atoms with E-state index in [-0.39, 0.29) is 17.8 Å². The zero-order valence-electron chi connectivity index (χ0n) is 14.4. The van der Waals surface area contributed by atoms with Crippen LogP contribution in [0.4, 0.5) is 0 Å². The molecule has 1 saturated heterocycles.